The monoisotopic (exact) mass is 371 g/mol. The number of carbonyl (C=O) groups is 1. The van der Waals surface area contributed by atoms with E-state index in [2.05, 4.69) is 5.32 Å². The highest BCUT2D eigenvalue weighted by atomic mass is 35.5. The van der Waals surface area contributed by atoms with Gasteiger partial charge in [-0.2, -0.15) is 13.2 Å². The van der Waals surface area contributed by atoms with Crippen molar-refractivity contribution in [2.24, 2.45) is 0 Å². The molecule has 1 amide bonds. The van der Waals surface area contributed by atoms with Crippen LogP contribution in [0.2, 0.25) is 5.02 Å². The van der Waals surface area contributed by atoms with Crippen molar-refractivity contribution in [3.05, 3.63) is 52.5 Å². The molecule has 3 rings (SSSR count). The molecule has 2 aromatic rings. The normalized spacial score (nSPS) is 16.7. The van der Waals surface area contributed by atoms with Crippen molar-refractivity contribution < 1.29 is 27.8 Å². The van der Waals surface area contributed by atoms with Crippen LogP contribution >= 0.6 is 11.6 Å². The molecule has 0 saturated heterocycles. The summed E-state index contributed by atoms with van der Waals surface area (Å²) in [5, 5.41) is 11.3. The Morgan fingerprint density at radius 3 is 2.64 bits per heavy atom. The summed E-state index contributed by atoms with van der Waals surface area (Å²) in [7, 11) is 0. The minimum Gasteiger partial charge on any atom is -0.493 e. The van der Waals surface area contributed by atoms with Gasteiger partial charge in [0.05, 0.1) is 18.2 Å². The van der Waals surface area contributed by atoms with E-state index in [1.54, 1.807) is 18.2 Å². The molecule has 1 unspecified atom stereocenters. The zero-order chi connectivity index (χ0) is 18.2. The Balaban J connectivity index is 2.00. The van der Waals surface area contributed by atoms with Crippen molar-refractivity contribution in [2.75, 3.05) is 6.61 Å². The van der Waals surface area contributed by atoms with Gasteiger partial charge in [-0.15, -0.1) is 0 Å². The van der Waals surface area contributed by atoms with Crippen molar-refractivity contribution in [2.45, 2.75) is 18.6 Å². The second kappa shape index (κ2) is 6.48. The summed E-state index contributed by atoms with van der Waals surface area (Å²) in [5.74, 6) is 0.441. The number of alkyl halides is 3. The fraction of sp³-hybridized carbons (Fsp3) is 0.235. The van der Waals surface area contributed by atoms with Crippen LogP contribution in [0.25, 0.3) is 11.1 Å². The predicted octanol–water partition coefficient (Wildman–Crippen LogP) is 5.12. The van der Waals surface area contributed by atoms with Crippen LogP contribution in [0, 0.1) is 0 Å². The Hall–Kier alpha value is -2.41. The molecular formula is C17H13ClF3NO3. The van der Waals surface area contributed by atoms with Crippen molar-refractivity contribution in [3.63, 3.8) is 0 Å². The number of benzene rings is 2. The highest BCUT2D eigenvalue weighted by Gasteiger charge is 2.31. The summed E-state index contributed by atoms with van der Waals surface area (Å²) in [6, 6.07) is 7.77. The van der Waals surface area contributed by atoms with Crippen LogP contribution in [-0.2, 0) is 6.18 Å². The van der Waals surface area contributed by atoms with E-state index in [1.165, 1.54) is 6.07 Å². The van der Waals surface area contributed by atoms with E-state index < -0.39 is 23.9 Å². The maximum absolute atomic E-state index is 13.0. The summed E-state index contributed by atoms with van der Waals surface area (Å²) in [6.07, 6.45) is -5.17. The van der Waals surface area contributed by atoms with Crippen LogP contribution in [0.3, 0.4) is 0 Å². The predicted molar refractivity (Wildman–Crippen MR) is 85.9 cm³/mol. The molecule has 1 atom stereocenters. The van der Waals surface area contributed by atoms with Crippen LogP contribution in [-0.4, -0.2) is 17.8 Å². The lowest BCUT2D eigenvalue weighted by atomic mass is 9.96. The van der Waals surface area contributed by atoms with E-state index in [9.17, 15) is 18.0 Å². The Kier molecular flexibility index (Phi) is 4.51. The fourth-order valence-corrected chi connectivity index (χ4v) is 3.02. The number of carboxylic acid groups (broad SMARTS) is 1. The van der Waals surface area contributed by atoms with Gasteiger partial charge in [0.2, 0.25) is 0 Å². The largest absolute Gasteiger partial charge is 0.493 e. The third-order valence-electron chi connectivity index (χ3n) is 3.91. The van der Waals surface area contributed by atoms with Gasteiger partial charge in [0.25, 0.3) is 0 Å². The Bertz CT molecular complexity index is 823. The summed E-state index contributed by atoms with van der Waals surface area (Å²) in [4.78, 5) is 10.9. The first-order chi connectivity index (χ1) is 11.7. The minimum absolute atomic E-state index is 0.0196. The summed E-state index contributed by atoms with van der Waals surface area (Å²) < 4.78 is 44.4. The molecule has 132 valence electrons. The zero-order valence-electron chi connectivity index (χ0n) is 12.7. The maximum atomic E-state index is 13.0. The van der Waals surface area contributed by atoms with Gasteiger partial charge in [0.15, 0.2) is 0 Å². The fourth-order valence-electron chi connectivity index (χ4n) is 2.79. The molecule has 4 nitrogen and oxygen atoms in total. The highest BCUT2D eigenvalue weighted by molar-refractivity contribution is 6.31. The SMILES string of the molecule is O=C(O)NC1CCOc2cc(-c3cc(Cl)cc(C(F)(F)F)c3)ccc21. The van der Waals surface area contributed by atoms with E-state index in [0.29, 0.717) is 35.5 Å². The molecule has 0 fully saturated rings. The Morgan fingerprint density at radius 2 is 1.96 bits per heavy atom. The number of fused-ring (bicyclic) bond motifs is 1. The smallest absolute Gasteiger partial charge is 0.416 e. The van der Waals surface area contributed by atoms with Gasteiger partial charge in [-0.25, -0.2) is 4.79 Å². The molecule has 0 bridgehead atoms. The standard InChI is InChI=1S/C17H13ClF3NO3/c18-12-6-10(5-11(8-12)17(19,20)21)9-1-2-13-14(22-16(23)24)3-4-25-15(13)7-9/h1-2,5-8,14,22H,3-4H2,(H,23,24). The highest BCUT2D eigenvalue weighted by Crippen LogP contribution is 2.38. The summed E-state index contributed by atoms with van der Waals surface area (Å²) >= 11 is 5.82. The molecule has 1 aliphatic heterocycles. The average Bonchev–Trinajstić information content (AvgIpc) is 2.53. The van der Waals surface area contributed by atoms with Crippen LogP contribution in [0.15, 0.2) is 36.4 Å². The summed E-state index contributed by atoms with van der Waals surface area (Å²) in [6.45, 7) is 0.310. The molecule has 2 N–H and O–H groups in total. The molecular weight excluding hydrogens is 359 g/mol. The third-order valence-corrected chi connectivity index (χ3v) is 4.13. The third kappa shape index (κ3) is 3.82. The Labute approximate surface area is 146 Å². The van der Waals surface area contributed by atoms with Crippen LogP contribution in [0.1, 0.15) is 23.6 Å². The molecule has 25 heavy (non-hydrogen) atoms. The number of hydrogen-bond acceptors (Lipinski definition) is 2. The first-order valence-corrected chi connectivity index (χ1v) is 7.76. The summed E-state index contributed by atoms with van der Waals surface area (Å²) in [5.41, 5.74) is 0.622. The van der Waals surface area contributed by atoms with Crippen molar-refractivity contribution in [3.8, 4) is 16.9 Å². The van der Waals surface area contributed by atoms with E-state index in [1.807, 2.05) is 0 Å². The van der Waals surface area contributed by atoms with Crippen molar-refractivity contribution >= 4 is 17.7 Å². The van der Waals surface area contributed by atoms with Crippen LogP contribution < -0.4 is 10.1 Å². The maximum Gasteiger partial charge on any atom is 0.416 e. The Morgan fingerprint density at radius 1 is 1.20 bits per heavy atom. The van der Waals surface area contributed by atoms with Crippen molar-refractivity contribution in [1.29, 1.82) is 0 Å². The topological polar surface area (TPSA) is 58.6 Å². The number of nitrogens with one attached hydrogen (secondary N) is 1. The number of ether oxygens (including phenoxy) is 1. The molecule has 1 heterocycles. The van der Waals surface area contributed by atoms with E-state index in [-0.39, 0.29) is 5.02 Å². The molecule has 1 aliphatic rings. The molecule has 0 aromatic heterocycles. The van der Waals surface area contributed by atoms with Gasteiger partial charge in [0.1, 0.15) is 5.75 Å². The second-order valence-electron chi connectivity index (χ2n) is 5.62. The van der Waals surface area contributed by atoms with E-state index in [4.69, 9.17) is 21.4 Å². The lowest BCUT2D eigenvalue weighted by molar-refractivity contribution is -0.137. The molecule has 0 saturated carbocycles. The molecule has 2 aromatic carbocycles. The first-order valence-electron chi connectivity index (χ1n) is 7.38. The van der Waals surface area contributed by atoms with Crippen LogP contribution in [0.4, 0.5) is 18.0 Å². The number of amides is 1. The lowest BCUT2D eigenvalue weighted by Gasteiger charge is -2.26. The van der Waals surface area contributed by atoms with Crippen LogP contribution in [0.5, 0.6) is 5.75 Å². The number of rotatable bonds is 2. The van der Waals surface area contributed by atoms with Gasteiger partial charge in [-0.3, -0.25) is 0 Å². The molecule has 0 spiro atoms. The zero-order valence-corrected chi connectivity index (χ0v) is 13.5. The van der Waals surface area contributed by atoms with Gasteiger partial charge in [0, 0.05) is 17.0 Å². The van der Waals surface area contributed by atoms with E-state index >= 15 is 0 Å². The second-order valence-corrected chi connectivity index (χ2v) is 6.05. The number of halogens is 4. The average molecular weight is 372 g/mol. The van der Waals surface area contributed by atoms with Gasteiger partial charge < -0.3 is 15.2 Å². The first kappa shape index (κ1) is 17.4. The quantitative estimate of drug-likeness (QED) is 0.770. The van der Waals surface area contributed by atoms with Gasteiger partial charge in [-0.05, 0) is 35.4 Å². The number of hydrogen-bond donors (Lipinski definition) is 2. The molecule has 0 radical (unpaired) electrons. The van der Waals surface area contributed by atoms with Gasteiger partial charge in [-0.1, -0.05) is 23.7 Å². The molecule has 0 aliphatic carbocycles. The van der Waals surface area contributed by atoms with Gasteiger partial charge >= 0.3 is 12.3 Å². The minimum atomic E-state index is -4.50. The van der Waals surface area contributed by atoms with E-state index in [0.717, 1.165) is 12.1 Å². The molecule has 8 heteroatoms. The lowest BCUT2D eigenvalue weighted by Crippen LogP contribution is -2.30. The van der Waals surface area contributed by atoms with Crippen molar-refractivity contribution in [1.82, 2.24) is 5.32 Å².